The Labute approximate surface area is 150 Å². The van der Waals surface area contributed by atoms with Gasteiger partial charge in [0.25, 0.3) is 5.91 Å². The van der Waals surface area contributed by atoms with Crippen LogP contribution >= 0.6 is 0 Å². The third-order valence-corrected chi connectivity index (χ3v) is 4.61. The molecule has 1 atom stereocenters. The van der Waals surface area contributed by atoms with Gasteiger partial charge in [0.2, 0.25) is 11.8 Å². The van der Waals surface area contributed by atoms with Gasteiger partial charge in [-0.25, -0.2) is 4.39 Å². The molecule has 26 heavy (non-hydrogen) atoms. The van der Waals surface area contributed by atoms with E-state index in [1.54, 1.807) is 12.1 Å². The van der Waals surface area contributed by atoms with Crippen molar-refractivity contribution in [3.8, 4) is 11.5 Å². The van der Waals surface area contributed by atoms with Crippen molar-refractivity contribution in [1.82, 2.24) is 15.1 Å². The summed E-state index contributed by atoms with van der Waals surface area (Å²) in [5, 5.41) is 8.23. The summed E-state index contributed by atoms with van der Waals surface area (Å²) in [5.74, 6) is 0.615. The van der Waals surface area contributed by atoms with Crippen LogP contribution in [-0.2, 0) is 0 Å². The maximum atomic E-state index is 13.1. The summed E-state index contributed by atoms with van der Waals surface area (Å²) in [5.41, 5.74) is 1.36. The number of amides is 1. The molecule has 0 spiro atoms. The van der Waals surface area contributed by atoms with Crippen LogP contribution < -0.4 is 0 Å². The van der Waals surface area contributed by atoms with Crippen molar-refractivity contribution in [3.05, 3.63) is 71.9 Å². The molecule has 0 radical (unpaired) electrons. The summed E-state index contributed by atoms with van der Waals surface area (Å²) in [6, 6.07) is 15.2. The number of piperidine rings is 1. The Bertz CT molecular complexity index is 893. The standard InChI is InChI=1S/C20H18FN3O2/c21-17-10-8-14(9-11-17)18-22-23-19(26-18)16-7-4-12-24(13-16)20(25)15-5-2-1-3-6-15/h1-3,5-6,8-11,16H,4,7,12-13H2. The van der Waals surface area contributed by atoms with Crippen LogP contribution in [0.25, 0.3) is 11.5 Å². The van der Waals surface area contributed by atoms with E-state index >= 15 is 0 Å². The molecule has 0 aliphatic carbocycles. The number of hydrogen-bond acceptors (Lipinski definition) is 4. The number of halogens is 1. The second kappa shape index (κ2) is 7.07. The van der Waals surface area contributed by atoms with Crippen LogP contribution in [0.2, 0.25) is 0 Å². The highest BCUT2D eigenvalue weighted by Gasteiger charge is 2.29. The van der Waals surface area contributed by atoms with E-state index in [0.717, 1.165) is 19.4 Å². The normalized spacial score (nSPS) is 17.3. The number of hydrogen-bond donors (Lipinski definition) is 0. The van der Waals surface area contributed by atoms with Gasteiger partial charge in [-0.3, -0.25) is 4.79 Å². The zero-order valence-electron chi connectivity index (χ0n) is 14.1. The molecule has 132 valence electrons. The number of benzene rings is 2. The third kappa shape index (κ3) is 3.35. The zero-order chi connectivity index (χ0) is 17.9. The van der Waals surface area contributed by atoms with Gasteiger partial charge in [0.05, 0.1) is 5.92 Å². The van der Waals surface area contributed by atoms with Crippen LogP contribution in [0.1, 0.15) is 35.0 Å². The largest absolute Gasteiger partial charge is 0.420 e. The minimum Gasteiger partial charge on any atom is -0.420 e. The molecule has 4 rings (SSSR count). The van der Waals surface area contributed by atoms with E-state index in [2.05, 4.69) is 10.2 Å². The molecule has 1 aliphatic heterocycles. The molecule has 2 heterocycles. The molecule has 1 aliphatic rings. The topological polar surface area (TPSA) is 59.2 Å². The fourth-order valence-electron chi connectivity index (χ4n) is 3.24. The molecule has 1 unspecified atom stereocenters. The summed E-state index contributed by atoms with van der Waals surface area (Å²) >= 11 is 0. The van der Waals surface area contributed by atoms with Gasteiger partial charge in [-0.2, -0.15) is 0 Å². The molecular weight excluding hydrogens is 333 g/mol. The average Bonchev–Trinajstić information content (AvgIpc) is 3.19. The van der Waals surface area contributed by atoms with Gasteiger partial charge < -0.3 is 9.32 Å². The molecule has 0 N–H and O–H groups in total. The van der Waals surface area contributed by atoms with Crippen molar-refractivity contribution in [2.24, 2.45) is 0 Å². The predicted octanol–water partition coefficient (Wildman–Crippen LogP) is 3.90. The van der Waals surface area contributed by atoms with Crippen molar-refractivity contribution in [1.29, 1.82) is 0 Å². The Morgan fingerprint density at radius 3 is 2.62 bits per heavy atom. The highest BCUT2D eigenvalue weighted by atomic mass is 19.1. The van der Waals surface area contributed by atoms with Crippen LogP contribution in [0.4, 0.5) is 4.39 Å². The highest BCUT2D eigenvalue weighted by Crippen LogP contribution is 2.29. The van der Waals surface area contributed by atoms with Crippen LogP contribution in [-0.4, -0.2) is 34.1 Å². The van der Waals surface area contributed by atoms with Gasteiger partial charge in [0.1, 0.15) is 5.82 Å². The molecule has 6 heteroatoms. The fourth-order valence-corrected chi connectivity index (χ4v) is 3.24. The Hall–Kier alpha value is -3.02. The number of likely N-dealkylation sites (tertiary alicyclic amines) is 1. The van der Waals surface area contributed by atoms with E-state index in [1.165, 1.54) is 12.1 Å². The maximum Gasteiger partial charge on any atom is 0.253 e. The van der Waals surface area contributed by atoms with E-state index in [0.29, 0.717) is 29.5 Å². The van der Waals surface area contributed by atoms with Crippen molar-refractivity contribution in [3.63, 3.8) is 0 Å². The van der Waals surface area contributed by atoms with Gasteiger partial charge in [0.15, 0.2) is 0 Å². The molecule has 1 saturated heterocycles. The molecule has 2 aromatic carbocycles. The lowest BCUT2D eigenvalue weighted by Crippen LogP contribution is -2.39. The van der Waals surface area contributed by atoms with Gasteiger partial charge in [-0.05, 0) is 49.2 Å². The molecular formula is C20H18FN3O2. The van der Waals surface area contributed by atoms with Gasteiger partial charge in [-0.15, -0.1) is 10.2 Å². The lowest BCUT2D eigenvalue weighted by atomic mass is 9.97. The summed E-state index contributed by atoms with van der Waals surface area (Å²) in [6.07, 6.45) is 1.78. The average molecular weight is 351 g/mol. The number of carbonyl (C=O) groups excluding carboxylic acids is 1. The fraction of sp³-hybridized carbons (Fsp3) is 0.250. The van der Waals surface area contributed by atoms with Gasteiger partial charge in [0, 0.05) is 24.2 Å². The first kappa shape index (κ1) is 16.4. The molecule has 1 aromatic heterocycles. The molecule has 5 nitrogen and oxygen atoms in total. The maximum absolute atomic E-state index is 13.1. The van der Waals surface area contributed by atoms with E-state index in [-0.39, 0.29) is 17.6 Å². The molecule has 0 bridgehead atoms. The lowest BCUT2D eigenvalue weighted by Gasteiger charge is -2.31. The van der Waals surface area contributed by atoms with Crippen molar-refractivity contribution < 1.29 is 13.6 Å². The Morgan fingerprint density at radius 1 is 1.08 bits per heavy atom. The second-order valence-corrected chi connectivity index (χ2v) is 6.41. The van der Waals surface area contributed by atoms with Crippen molar-refractivity contribution in [2.45, 2.75) is 18.8 Å². The van der Waals surface area contributed by atoms with Gasteiger partial charge >= 0.3 is 0 Å². The van der Waals surface area contributed by atoms with E-state index in [1.807, 2.05) is 35.2 Å². The number of carbonyl (C=O) groups is 1. The molecule has 3 aromatic rings. The first-order valence-electron chi connectivity index (χ1n) is 8.64. The van der Waals surface area contributed by atoms with Crippen LogP contribution in [0.15, 0.2) is 59.0 Å². The summed E-state index contributed by atoms with van der Waals surface area (Å²) in [6.45, 7) is 1.28. The first-order chi connectivity index (χ1) is 12.7. The Morgan fingerprint density at radius 2 is 1.85 bits per heavy atom. The summed E-state index contributed by atoms with van der Waals surface area (Å²) < 4.78 is 18.9. The predicted molar refractivity (Wildman–Crippen MR) is 94.0 cm³/mol. The van der Waals surface area contributed by atoms with Crippen molar-refractivity contribution in [2.75, 3.05) is 13.1 Å². The summed E-state index contributed by atoms with van der Waals surface area (Å²) in [4.78, 5) is 14.5. The van der Waals surface area contributed by atoms with Crippen LogP contribution in [0.3, 0.4) is 0 Å². The van der Waals surface area contributed by atoms with Crippen LogP contribution in [0, 0.1) is 5.82 Å². The quantitative estimate of drug-likeness (QED) is 0.718. The molecule has 1 fully saturated rings. The lowest BCUT2D eigenvalue weighted by molar-refractivity contribution is 0.0698. The highest BCUT2D eigenvalue weighted by molar-refractivity contribution is 5.94. The minimum absolute atomic E-state index is 0.0121. The molecule has 0 saturated carbocycles. The number of nitrogens with zero attached hydrogens (tertiary/aromatic N) is 3. The number of aromatic nitrogens is 2. The smallest absolute Gasteiger partial charge is 0.253 e. The monoisotopic (exact) mass is 351 g/mol. The third-order valence-electron chi connectivity index (χ3n) is 4.61. The molecule has 1 amide bonds. The Kier molecular flexibility index (Phi) is 4.48. The van der Waals surface area contributed by atoms with E-state index < -0.39 is 0 Å². The second-order valence-electron chi connectivity index (χ2n) is 6.41. The van der Waals surface area contributed by atoms with Crippen LogP contribution in [0.5, 0.6) is 0 Å². The van der Waals surface area contributed by atoms with E-state index in [9.17, 15) is 9.18 Å². The first-order valence-corrected chi connectivity index (χ1v) is 8.64. The SMILES string of the molecule is O=C(c1ccccc1)N1CCCC(c2nnc(-c3ccc(F)cc3)o2)C1. The Balaban J connectivity index is 1.50. The minimum atomic E-state index is -0.309. The van der Waals surface area contributed by atoms with E-state index in [4.69, 9.17) is 4.42 Å². The zero-order valence-corrected chi connectivity index (χ0v) is 14.1. The summed E-state index contributed by atoms with van der Waals surface area (Å²) in [7, 11) is 0. The van der Waals surface area contributed by atoms with Crippen molar-refractivity contribution >= 4 is 5.91 Å². The number of rotatable bonds is 3. The van der Waals surface area contributed by atoms with Gasteiger partial charge in [-0.1, -0.05) is 18.2 Å².